The number of benzene rings is 1. The quantitative estimate of drug-likeness (QED) is 0.265. The second kappa shape index (κ2) is 11.8. The molecule has 1 unspecified atom stereocenters. The first kappa shape index (κ1) is 32.3. The highest BCUT2D eigenvalue weighted by Gasteiger charge is 2.61. The number of likely N-dealkylation sites (tertiary alicyclic amines) is 2. The van der Waals surface area contributed by atoms with Gasteiger partial charge in [-0.3, -0.25) is 4.90 Å². The second-order valence-corrected chi connectivity index (χ2v) is 16.5. The standard InChI is InChI=1S/C37H47FN8O3/c1-23(2)31(25-15-37(16-25)11-13-46(37)34(47)49-35(3,4)5)45-19-36(20-45)10-12-44(18-36)32-33(43-42-22-41-32)48-29-9-8-26(38)14-27(29)28-17-39-21-40-30(28)24-6-7-24/h8-9,14,17,21-25,31H,6-7,10-13,15-16,18-20H2,1-5H3. The molecule has 8 rings (SSSR count). The molecule has 3 aromatic rings. The third-order valence-corrected chi connectivity index (χ3v) is 11.4. The molecule has 260 valence electrons. The summed E-state index contributed by atoms with van der Waals surface area (Å²) in [4.78, 5) is 33.2. The van der Waals surface area contributed by atoms with Gasteiger partial charge >= 0.3 is 6.09 Å². The molecule has 49 heavy (non-hydrogen) atoms. The molecule has 5 aliphatic rings. The Balaban J connectivity index is 0.938. The van der Waals surface area contributed by atoms with Crippen LogP contribution in [0, 0.1) is 23.1 Å². The van der Waals surface area contributed by atoms with E-state index in [2.05, 4.69) is 48.8 Å². The third kappa shape index (κ3) is 5.99. The van der Waals surface area contributed by atoms with E-state index in [1.165, 1.54) is 18.5 Å². The zero-order valence-corrected chi connectivity index (χ0v) is 29.2. The van der Waals surface area contributed by atoms with Crippen molar-refractivity contribution in [2.24, 2.45) is 17.3 Å². The van der Waals surface area contributed by atoms with Gasteiger partial charge in [0.1, 0.15) is 29.8 Å². The third-order valence-electron chi connectivity index (χ3n) is 11.4. The molecule has 0 bridgehead atoms. The fourth-order valence-electron chi connectivity index (χ4n) is 9.06. The zero-order chi connectivity index (χ0) is 34.1. The summed E-state index contributed by atoms with van der Waals surface area (Å²) in [6, 6.07) is 5.00. The Morgan fingerprint density at radius 2 is 1.82 bits per heavy atom. The maximum Gasteiger partial charge on any atom is 0.410 e. The number of nitrogens with zero attached hydrogens (tertiary/aromatic N) is 8. The maximum absolute atomic E-state index is 14.6. The van der Waals surface area contributed by atoms with Gasteiger partial charge in [-0.15, -0.1) is 10.2 Å². The summed E-state index contributed by atoms with van der Waals surface area (Å²) in [7, 11) is 0. The average molecular weight is 671 g/mol. The Morgan fingerprint density at radius 3 is 2.51 bits per heavy atom. The van der Waals surface area contributed by atoms with Gasteiger partial charge in [-0.1, -0.05) is 13.8 Å². The van der Waals surface area contributed by atoms with Crippen LogP contribution < -0.4 is 9.64 Å². The number of hydrogen-bond acceptors (Lipinski definition) is 10. The van der Waals surface area contributed by atoms with Crippen molar-refractivity contribution in [1.29, 1.82) is 0 Å². The van der Waals surface area contributed by atoms with Crippen molar-refractivity contribution in [2.45, 2.75) is 96.2 Å². The molecule has 3 saturated heterocycles. The molecule has 1 atom stereocenters. The predicted molar refractivity (Wildman–Crippen MR) is 182 cm³/mol. The lowest BCUT2D eigenvalue weighted by Gasteiger charge is -2.65. The van der Waals surface area contributed by atoms with Crippen LogP contribution in [-0.4, -0.2) is 90.9 Å². The summed E-state index contributed by atoms with van der Waals surface area (Å²) in [6.07, 6.45) is 11.0. The van der Waals surface area contributed by atoms with Crippen LogP contribution in [-0.2, 0) is 4.74 Å². The largest absolute Gasteiger partial charge is 0.444 e. The van der Waals surface area contributed by atoms with E-state index in [0.717, 1.165) is 82.5 Å². The summed E-state index contributed by atoms with van der Waals surface area (Å²) in [5.41, 5.74) is 1.98. The first-order chi connectivity index (χ1) is 23.4. The Hall–Kier alpha value is -3.93. The van der Waals surface area contributed by atoms with E-state index in [9.17, 15) is 9.18 Å². The molecule has 3 aliphatic heterocycles. The lowest BCUT2D eigenvalue weighted by molar-refractivity contribution is -0.142. The summed E-state index contributed by atoms with van der Waals surface area (Å²) in [6.45, 7) is 15.1. The van der Waals surface area contributed by atoms with Gasteiger partial charge in [0, 0.05) is 73.0 Å². The Bertz CT molecular complexity index is 1730. The average Bonchev–Trinajstić information content (AvgIpc) is 3.75. The zero-order valence-electron chi connectivity index (χ0n) is 29.2. The number of amides is 1. The van der Waals surface area contributed by atoms with Gasteiger partial charge in [0.2, 0.25) is 0 Å². The predicted octanol–water partition coefficient (Wildman–Crippen LogP) is 6.46. The molecule has 0 radical (unpaired) electrons. The Morgan fingerprint density at radius 1 is 1.02 bits per heavy atom. The van der Waals surface area contributed by atoms with Crippen LogP contribution in [0.25, 0.3) is 11.1 Å². The molecule has 5 fully saturated rings. The van der Waals surface area contributed by atoms with Gasteiger partial charge in [0.25, 0.3) is 5.88 Å². The van der Waals surface area contributed by atoms with E-state index < -0.39 is 5.60 Å². The van der Waals surface area contributed by atoms with Crippen molar-refractivity contribution >= 4 is 11.9 Å². The molecule has 1 amide bonds. The van der Waals surface area contributed by atoms with E-state index in [-0.39, 0.29) is 22.9 Å². The minimum absolute atomic E-state index is 0.0132. The van der Waals surface area contributed by atoms with E-state index in [4.69, 9.17) is 9.47 Å². The molecule has 12 heteroatoms. The highest BCUT2D eigenvalue weighted by Crippen LogP contribution is 2.55. The molecule has 2 spiro atoms. The van der Waals surface area contributed by atoms with E-state index >= 15 is 0 Å². The van der Waals surface area contributed by atoms with Gasteiger partial charge in [0.05, 0.1) is 5.69 Å². The van der Waals surface area contributed by atoms with Crippen LogP contribution in [0.4, 0.5) is 15.0 Å². The maximum atomic E-state index is 14.6. The van der Waals surface area contributed by atoms with Crippen LogP contribution in [0.1, 0.15) is 84.8 Å². The van der Waals surface area contributed by atoms with Crippen molar-refractivity contribution < 1.29 is 18.7 Å². The SMILES string of the molecule is CC(C)C(C1CC2(CCN2C(=O)OC(C)(C)C)C1)N1CC2(CCN(c3ncnnc3Oc3ccc(F)cc3-c3cncnc3C3CC3)C2)C1. The summed E-state index contributed by atoms with van der Waals surface area (Å²) >= 11 is 0. The number of rotatable bonds is 8. The molecule has 0 N–H and O–H groups in total. The van der Waals surface area contributed by atoms with Gasteiger partial charge in [-0.25, -0.2) is 24.1 Å². The van der Waals surface area contributed by atoms with Crippen LogP contribution >= 0.6 is 0 Å². The van der Waals surface area contributed by atoms with Gasteiger partial charge in [-0.05, 0) is 89.3 Å². The van der Waals surface area contributed by atoms with Crippen molar-refractivity contribution in [3.05, 3.63) is 48.6 Å². The van der Waals surface area contributed by atoms with Crippen molar-refractivity contribution in [1.82, 2.24) is 34.9 Å². The van der Waals surface area contributed by atoms with Crippen molar-refractivity contribution in [2.75, 3.05) is 37.6 Å². The molecule has 11 nitrogen and oxygen atoms in total. The molecule has 2 saturated carbocycles. The van der Waals surface area contributed by atoms with Crippen molar-refractivity contribution in [3.63, 3.8) is 0 Å². The molecule has 1 aromatic carbocycles. The minimum Gasteiger partial charge on any atom is -0.444 e. The van der Waals surface area contributed by atoms with Crippen LogP contribution in [0.15, 0.2) is 37.1 Å². The number of carbonyl (C=O) groups excluding carboxylic acids is 1. The van der Waals surface area contributed by atoms with E-state index in [1.54, 1.807) is 18.6 Å². The lowest BCUT2D eigenvalue weighted by atomic mass is 9.57. The number of carbonyl (C=O) groups is 1. The van der Waals surface area contributed by atoms with Crippen LogP contribution in [0.3, 0.4) is 0 Å². The molecule has 5 heterocycles. The fraction of sp³-hybridized carbons (Fsp3) is 0.622. The first-order valence-electron chi connectivity index (χ1n) is 17.9. The smallest absolute Gasteiger partial charge is 0.410 e. The Kier molecular flexibility index (Phi) is 7.81. The normalized spacial score (nSPS) is 25.2. The lowest BCUT2D eigenvalue weighted by Crippen LogP contribution is -2.72. The van der Waals surface area contributed by atoms with E-state index in [0.29, 0.717) is 46.8 Å². The summed E-state index contributed by atoms with van der Waals surface area (Å²) < 4.78 is 26.7. The van der Waals surface area contributed by atoms with Gasteiger partial charge in [0.15, 0.2) is 5.82 Å². The number of aromatic nitrogens is 5. The number of halogens is 1. The monoisotopic (exact) mass is 670 g/mol. The highest BCUT2D eigenvalue weighted by molar-refractivity contribution is 5.73. The van der Waals surface area contributed by atoms with E-state index in [1.807, 2.05) is 25.7 Å². The van der Waals surface area contributed by atoms with Crippen molar-refractivity contribution in [3.8, 4) is 22.8 Å². The van der Waals surface area contributed by atoms with Crippen LogP contribution in [0.2, 0.25) is 0 Å². The van der Waals surface area contributed by atoms with Gasteiger partial charge < -0.3 is 19.3 Å². The number of hydrogen-bond donors (Lipinski definition) is 0. The summed E-state index contributed by atoms with van der Waals surface area (Å²) in [5, 5.41) is 8.42. The highest BCUT2D eigenvalue weighted by atomic mass is 19.1. The molecular weight excluding hydrogens is 623 g/mol. The minimum atomic E-state index is -0.478. The molecular formula is C37H47FN8O3. The second-order valence-electron chi connectivity index (χ2n) is 16.5. The first-order valence-corrected chi connectivity index (χ1v) is 17.9. The topological polar surface area (TPSA) is 110 Å². The summed E-state index contributed by atoms with van der Waals surface area (Å²) in [5.74, 6) is 2.54. The number of anilines is 1. The van der Waals surface area contributed by atoms with Gasteiger partial charge in [-0.2, -0.15) is 0 Å². The number of ether oxygens (including phenoxy) is 2. The Labute approximate surface area is 287 Å². The molecule has 2 aliphatic carbocycles. The van der Waals surface area contributed by atoms with Crippen LogP contribution in [0.5, 0.6) is 11.6 Å². The fourth-order valence-corrected chi connectivity index (χ4v) is 9.06. The molecule has 2 aromatic heterocycles.